The summed E-state index contributed by atoms with van der Waals surface area (Å²) in [6.45, 7) is 5.39. The second-order valence-electron chi connectivity index (χ2n) is 4.42. The van der Waals surface area contributed by atoms with Crippen molar-refractivity contribution in [2.75, 3.05) is 13.1 Å². The van der Waals surface area contributed by atoms with E-state index in [1.807, 2.05) is 6.92 Å². The van der Waals surface area contributed by atoms with Crippen molar-refractivity contribution < 1.29 is 14.7 Å². The van der Waals surface area contributed by atoms with Crippen LogP contribution in [0, 0.1) is 0 Å². The predicted octanol–water partition coefficient (Wildman–Crippen LogP) is 2.44. The fourth-order valence-corrected chi connectivity index (χ4v) is 1.77. The molecule has 5 heteroatoms. The SMILES string of the molecule is CCCCN(CC)C(=O)c1cncc(C=CC(=O)O)c1. The molecule has 1 amide bonds. The molecule has 0 saturated carbocycles. The van der Waals surface area contributed by atoms with E-state index in [9.17, 15) is 9.59 Å². The summed E-state index contributed by atoms with van der Waals surface area (Å²) in [4.78, 5) is 28.6. The number of hydrogen-bond donors (Lipinski definition) is 1. The van der Waals surface area contributed by atoms with Crippen LogP contribution in [0.4, 0.5) is 0 Å². The van der Waals surface area contributed by atoms with Crippen molar-refractivity contribution in [2.45, 2.75) is 26.7 Å². The van der Waals surface area contributed by atoms with Gasteiger partial charge >= 0.3 is 5.97 Å². The molecule has 0 fully saturated rings. The fraction of sp³-hybridized carbons (Fsp3) is 0.400. The summed E-state index contributed by atoms with van der Waals surface area (Å²) in [5.74, 6) is -1.10. The van der Waals surface area contributed by atoms with Gasteiger partial charge in [0.05, 0.1) is 5.56 Å². The van der Waals surface area contributed by atoms with Gasteiger partial charge in [0.15, 0.2) is 0 Å². The van der Waals surface area contributed by atoms with Gasteiger partial charge in [-0.05, 0) is 31.1 Å². The zero-order chi connectivity index (χ0) is 15.0. The van der Waals surface area contributed by atoms with Crippen LogP contribution in [0.2, 0.25) is 0 Å². The van der Waals surface area contributed by atoms with E-state index < -0.39 is 5.97 Å². The summed E-state index contributed by atoms with van der Waals surface area (Å²) in [7, 11) is 0. The molecule has 20 heavy (non-hydrogen) atoms. The van der Waals surface area contributed by atoms with Crippen molar-refractivity contribution in [1.82, 2.24) is 9.88 Å². The minimum Gasteiger partial charge on any atom is -0.478 e. The molecule has 1 aromatic rings. The number of rotatable bonds is 7. The Morgan fingerprint density at radius 1 is 1.35 bits per heavy atom. The van der Waals surface area contributed by atoms with Gasteiger partial charge < -0.3 is 10.0 Å². The van der Waals surface area contributed by atoms with E-state index >= 15 is 0 Å². The lowest BCUT2D eigenvalue weighted by Crippen LogP contribution is -2.31. The van der Waals surface area contributed by atoms with E-state index in [2.05, 4.69) is 11.9 Å². The number of carboxylic acid groups (broad SMARTS) is 1. The second-order valence-corrected chi connectivity index (χ2v) is 4.42. The van der Waals surface area contributed by atoms with Crippen LogP contribution in [0.1, 0.15) is 42.6 Å². The summed E-state index contributed by atoms with van der Waals surface area (Å²) in [6.07, 6.45) is 7.48. The zero-order valence-corrected chi connectivity index (χ0v) is 11.9. The first-order valence-electron chi connectivity index (χ1n) is 6.73. The number of nitrogens with zero attached hydrogens (tertiary/aromatic N) is 2. The number of carboxylic acids is 1. The molecule has 0 aromatic carbocycles. The Morgan fingerprint density at radius 3 is 2.70 bits per heavy atom. The molecule has 0 saturated heterocycles. The van der Waals surface area contributed by atoms with Crippen LogP contribution in [0.5, 0.6) is 0 Å². The van der Waals surface area contributed by atoms with E-state index in [0.29, 0.717) is 17.7 Å². The summed E-state index contributed by atoms with van der Waals surface area (Å²) in [6, 6.07) is 1.66. The fourth-order valence-electron chi connectivity index (χ4n) is 1.77. The maximum absolute atomic E-state index is 12.3. The van der Waals surface area contributed by atoms with Crippen molar-refractivity contribution in [3.63, 3.8) is 0 Å². The summed E-state index contributed by atoms with van der Waals surface area (Å²) in [5, 5.41) is 8.59. The van der Waals surface area contributed by atoms with Crippen molar-refractivity contribution in [2.24, 2.45) is 0 Å². The number of aliphatic carboxylic acids is 1. The summed E-state index contributed by atoms with van der Waals surface area (Å²) >= 11 is 0. The van der Waals surface area contributed by atoms with Crippen LogP contribution >= 0.6 is 0 Å². The van der Waals surface area contributed by atoms with Crippen LogP contribution in [-0.2, 0) is 4.79 Å². The molecule has 1 N–H and O–H groups in total. The van der Waals surface area contributed by atoms with Crippen molar-refractivity contribution in [3.8, 4) is 0 Å². The number of pyridine rings is 1. The summed E-state index contributed by atoms with van der Waals surface area (Å²) < 4.78 is 0. The van der Waals surface area contributed by atoms with Crippen molar-refractivity contribution in [1.29, 1.82) is 0 Å². The molecule has 1 aromatic heterocycles. The highest BCUT2D eigenvalue weighted by atomic mass is 16.4. The normalized spacial score (nSPS) is 10.7. The van der Waals surface area contributed by atoms with Crippen molar-refractivity contribution >= 4 is 18.0 Å². The first-order valence-corrected chi connectivity index (χ1v) is 6.73. The molecule has 0 aliphatic carbocycles. The van der Waals surface area contributed by atoms with Crippen molar-refractivity contribution in [3.05, 3.63) is 35.7 Å². The molecule has 1 heterocycles. The highest BCUT2D eigenvalue weighted by Gasteiger charge is 2.14. The van der Waals surface area contributed by atoms with Gasteiger partial charge in [-0.2, -0.15) is 0 Å². The summed E-state index contributed by atoms with van der Waals surface area (Å²) in [5.41, 5.74) is 1.08. The van der Waals surface area contributed by atoms with Crippen LogP contribution < -0.4 is 0 Å². The van der Waals surface area contributed by atoms with E-state index in [1.54, 1.807) is 11.0 Å². The Bertz CT molecular complexity index is 498. The van der Waals surface area contributed by atoms with Gasteiger partial charge in [0.25, 0.3) is 5.91 Å². The van der Waals surface area contributed by atoms with Gasteiger partial charge in [0, 0.05) is 31.6 Å². The minimum atomic E-state index is -1.03. The Hall–Kier alpha value is -2.17. The maximum atomic E-state index is 12.3. The number of aromatic nitrogens is 1. The number of carbonyl (C=O) groups is 2. The first-order chi connectivity index (χ1) is 9.58. The quantitative estimate of drug-likeness (QED) is 0.776. The van der Waals surface area contributed by atoms with Gasteiger partial charge in [-0.25, -0.2) is 4.79 Å². The third-order valence-electron chi connectivity index (χ3n) is 2.88. The Kier molecular flexibility index (Phi) is 6.43. The van der Waals surface area contributed by atoms with Gasteiger partial charge in [0.1, 0.15) is 0 Å². The van der Waals surface area contributed by atoms with Gasteiger partial charge in [-0.1, -0.05) is 13.3 Å². The molecule has 0 unspecified atom stereocenters. The Balaban J connectivity index is 2.86. The molecule has 0 atom stereocenters. The molecule has 0 aliphatic rings. The van der Waals surface area contributed by atoms with E-state index in [4.69, 9.17) is 5.11 Å². The highest BCUT2D eigenvalue weighted by Crippen LogP contribution is 2.09. The average molecular weight is 276 g/mol. The molecule has 0 aliphatic heterocycles. The van der Waals surface area contributed by atoms with E-state index in [-0.39, 0.29) is 5.91 Å². The largest absolute Gasteiger partial charge is 0.478 e. The van der Waals surface area contributed by atoms with Gasteiger partial charge in [-0.15, -0.1) is 0 Å². The van der Waals surface area contributed by atoms with Gasteiger partial charge in [-0.3, -0.25) is 9.78 Å². The molecule has 5 nitrogen and oxygen atoms in total. The standard InChI is InChI=1S/C15H20N2O3/c1-3-5-8-17(4-2)15(20)13-9-12(10-16-11-13)6-7-14(18)19/h6-7,9-11H,3-5,8H2,1-2H3,(H,18,19). The van der Waals surface area contributed by atoms with Crippen LogP contribution in [0.3, 0.4) is 0 Å². The third-order valence-corrected chi connectivity index (χ3v) is 2.88. The lowest BCUT2D eigenvalue weighted by molar-refractivity contribution is -0.131. The Morgan fingerprint density at radius 2 is 2.10 bits per heavy atom. The van der Waals surface area contributed by atoms with Crippen LogP contribution in [0.15, 0.2) is 24.5 Å². The lowest BCUT2D eigenvalue weighted by Gasteiger charge is -2.20. The predicted molar refractivity (Wildman–Crippen MR) is 77.4 cm³/mol. The van der Waals surface area contributed by atoms with Crippen LogP contribution in [-0.4, -0.2) is 40.0 Å². The molecule has 0 spiro atoms. The topological polar surface area (TPSA) is 70.5 Å². The molecule has 0 radical (unpaired) electrons. The molecule has 108 valence electrons. The second kappa shape index (κ2) is 8.09. The molecule has 1 rings (SSSR count). The minimum absolute atomic E-state index is 0.0703. The Labute approximate surface area is 118 Å². The first kappa shape index (κ1) is 15.9. The zero-order valence-electron chi connectivity index (χ0n) is 11.9. The highest BCUT2D eigenvalue weighted by molar-refractivity contribution is 5.94. The molecule has 0 bridgehead atoms. The molecular formula is C15H20N2O3. The van der Waals surface area contributed by atoms with Crippen LogP contribution in [0.25, 0.3) is 6.08 Å². The number of unbranched alkanes of at least 4 members (excludes halogenated alkanes) is 1. The van der Waals surface area contributed by atoms with E-state index in [0.717, 1.165) is 25.5 Å². The monoisotopic (exact) mass is 276 g/mol. The third kappa shape index (κ3) is 4.84. The average Bonchev–Trinajstić information content (AvgIpc) is 2.46. The van der Waals surface area contributed by atoms with Gasteiger partial charge in [0.2, 0.25) is 0 Å². The number of amides is 1. The lowest BCUT2D eigenvalue weighted by atomic mass is 10.1. The molecular weight excluding hydrogens is 256 g/mol. The smallest absolute Gasteiger partial charge is 0.328 e. The maximum Gasteiger partial charge on any atom is 0.328 e. The number of hydrogen-bond acceptors (Lipinski definition) is 3. The number of carbonyl (C=O) groups excluding carboxylic acids is 1. The van der Waals surface area contributed by atoms with E-state index in [1.165, 1.54) is 18.5 Å².